The maximum atomic E-state index is 10.6. The molecule has 1 N–H and O–H groups in total. The van der Waals surface area contributed by atoms with Crippen molar-refractivity contribution in [2.45, 2.75) is 84.0 Å². The number of carbonyl (C=O) groups is 2. The summed E-state index contributed by atoms with van der Waals surface area (Å²) in [6.45, 7) is 3.80. The van der Waals surface area contributed by atoms with Gasteiger partial charge in [-0.1, -0.05) is 64.7 Å². The van der Waals surface area contributed by atoms with Crippen molar-refractivity contribution in [2.75, 3.05) is 19.6 Å². The van der Waals surface area contributed by atoms with Gasteiger partial charge in [-0.25, -0.2) is 0 Å². The summed E-state index contributed by atoms with van der Waals surface area (Å²) in [6.07, 6.45) is 12.6. The Hall–Kier alpha value is 0.536. The van der Waals surface area contributed by atoms with Crippen LogP contribution in [0.15, 0.2) is 0 Å². The molecule has 0 unspecified atom stereocenters. The number of hydrogen-bond donors (Lipinski definition) is 1. The van der Waals surface area contributed by atoms with Gasteiger partial charge in [-0.05, 0) is 19.4 Å². The Morgan fingerprint density at radius 2 is 1.25 bits per heavy atom. The molecule has 0 heterocycles. The molecule has 0 aromatic carbocycles. The van der Waals surface area contributed by atoms with E-state index in [0.29, 0.717) is 13.1 Å². The predicted molar refractivity (Wildman–Crippen MR) is 90.2 cm³/mol. The molecule has 0 aliphatic heterocycles. The van der Waals surface area contributed by atoms with Crippen molar-refractivity contribution in [1.29, 1.82) is 0 Å². The molecular weight excluding hydrogens is 333 g/mol. The van der Waals surface area contributed by atoms with Crippen LogP contribution in [0, 0.1) is 0 Å². The zero-order chi connectivity index (χ0) is 17.3. The van der Waals surface area contributed by atoms with Crippen LogP contribution in [0.4, 0.5) is 0 Å². The molecule has 0 saturated heterocycles. The molecule has 0 aliphatic rings. The standard InChI is InChI=1S/C18H35NO4.K/c1-2-3-4-5-6-7-8-9-10-11-14-19(15-12-17(20)21)16-13-18(22)23;/h2-16H2,1H3,(H,20,21)(H,22,23);/q;+1/p-1. The Kier molecular flexibility index (Phi) is 22.1. The van der Waals surface area contributed by atoms with E-state index in [1.54, 1.807) is 0 Å². The van der Waals surface area contributed by atoms with Gasteiger partial charge in [0.15, 0.2) is 0 Å². The summed E-state index contributed by atoms with van der Waals surface area (Å²) < 4.78 is 0. The predicted octanol–water partition coefficient (Wildman–Crippen LogP) is -0.172. The summed E-state index contributed by atoms with van der Waals surface area (Å²) in [5.74, 6) is -1.92. The molecule has 0 amide bonds. The van der Waals surface area contributed by atoms with Gasteiger partial charge in [-0.2, -0.15) is 0 Å². The van der Waals surface area contributed by atoms with Gasteiger partial charge >= 0.3 is 57.4 Å². The molecule has 136 valence electrons. The normalized spacial score (nSPS) is 10.6. The second-order valence-electron chi connectivity index (χ2n) is 6.29. The smallest absolute Gasteiger partial charge is 0.550 e. The molecule has 0 radical (unpaired) electrons. The van der Waals surface area contributed by atoms with Crippen LogP contribution >= 0.6 is 0 Å². The van der Waals surface area contributed by atoms with E-state index in [4.69, 9.17) is 5.11 Å². The second kappa shape index (κ2) is 19.9. The molecular formula is C18H34KNO4. The summed E-state index contributed by atoms with van der Waals surface area (Å²) in [4.78, 5) is 23.1. The number of carbonyl (C=O) groups excluding carboxylic acids is 1. The zero-order valence-corrected chi connectivity index (χ0v) is 18.8. The van der Waals surface area contributed by atoms with Gasteiger partial charge in [0, 0.05) is 19.1 Å². The molecule has 0 atom stereocenters. The first-order chi connectivity index (χ1) is 11.1. The van der Waals surface area contributed by atoms with Gasteiger partial charge in [0.25, 0.3) is 0 Å². The molecule has 0 fully saturated rings. The van der Waals surface area contributed by atoms with Gasteiger partial charge < -0.3 is 19.9 Å². The van der Waals surface area contributed by atoms with Crippen molar-refractivity contribution >= 4 is 11.9 Å². The minimum Gasteiger partial charge on any atom is -0.550 e. The van der Waals surface area contributed by atoms with Gasteiger partial charge in [-0.3, -0.25) is 4.79 Å². The Morgan fingerprint density at radius 3 is 1.71 bits per heavy atom. The average molecular weight is 368 g/mol. The largest absolute Gasteiger partial charge is 1.00 e. The number of carboxylic acid groups (broad SMARTS) is 2. The van der Waals surface area contributed by atoms with E-state index < -0.39 is 11.9 Å². The van der Waals surface area contributed by atoms with Gasteiger partial charge in [0.2, 0.25) is 0 Å². The van der Waals surface area contributed by atoms with Crippen LogP contribution in [-0.4, -0.2) is 41.6 Å². The third-order valence-electron chi connectivity index (χ3n) is 4.10. The summed E-state index contributed by atoms with van der Waals surface area (Å²) in [6, 6.07) is 0. The Labute approximate surface area is 190 Å². The summed E-state index contributed by atoms with van der Waals surface area (Å²) in [7, 11) is 0. The van der Waals surface area contributed by atoms with E-state index in [9.17, 15) is 14.7 Å². The topological polar surface area (TPSA) is 80.7 Å². The molecule has 0 aromatic heterocycles. The van der Waals surface area contributed by atoms with Crippen molar-refractivity contribution in [3.63, 3.8) is 0 Å². The number of hydrogen-bond acceptors (Lipinski definition) is 4. The average Bonchev–Trinajstić information content (AvgIpc) is 2.50. The van der Waals surface area contributed by atoms with E-state index in [1.807, 2.05) is 4.90 Å². The third-order valence-corrected chi connectivity index (χ3v) is 4.10. The van der Waals surface area contributed by atoms with Crippen LogP contribution in [0.25, 0.3) is 0 Å². The quantitative estimate of drug-likeness (QED) is 0.285. The number of nitrogens with zero attached hydrogens (tertiary/aromatic N) is 1. The molecule has 6 heteroatoms. The number of aliphatic carboxylic acids is 2. The third kappa shape index (κ3) is 20.6. The maximum absolute atomic E-state index is 10.6. The Morgan fingerprint density at radius 1 is 0.792 bits per heavy atom. The van der Waals surface area contributed by atoms with Gasteiger partial charge in [0.05, 0.1) is 6.42 Å². The molecule has 24 heavy (non-hydrogen) atoms. The number of unbranched alkanes of at least 4 members (excludes halogenated alkanes) is 9. The van der Waals surface area contributed by atoms with Gasteiger partial charge in [-0.15, -0.1) is 0 Å². The maximum Gasteiger partial charge on any atom is 1.00 e. The molecule has 0 bridgehead atoms. The number of rotatable bonds is 17. The van der Waals surface area contributed by atoms with Crippen molar-refractivity contribution in [3.8, 4) is 0 Å². The van der Waals surface area contributed by atoms with E-state index in [1.165, 1.54) is 51.4 Å². The van der Waals surface area contributed by atoms with E-state index in [2.05, 4.69) is 6.92 Å². The first kappa shape index (κ1) is 26.8. The monoisotopic (exact) mass is 367 g/mol. The van der Waals surface area contributed by atoms with E-state index in [-0.39, 0.29) is 64.2 Å². The van der Waals surface area contributed by atoms with Crippen LogP contribution in [0.3, 0.4) is 0 Å². The van der Waals surface area contributed by atoms with Crippen LogP contribution in [0.5, 0.6) is 0 Å². The molecule has 0 rings (SSSR count). The van der Waals surface area contributed by atoms with E-state index in [0.717, 1.165) is 19.4 Å². The van der Waals surface area contributed by atoms with Crippen molar-refractivity contribution in [1.82, 2.24) is 4.90 Å². The van der Waals surface area contributed by atoms with Crippen molar-refractivity contribution in [3.05, 3.63) is 0 Å². The summed E-state index contributed by atoms with van der Waals surface area (Å²) in [5.41, 5.74) is 0. The minimum atomic E-state index is -1.08. The fourth-order valence-electron chi connectivity index (χ4n) is 2.66. The van der Waals surface area contributed by atoms with Crippen LogP contribution in [0.2, 0.25) is 0 Å². The summed E-state index contributed by atoms with van der Waals surface area (Å²) in [5, 5.41) is 19.3. The van der Waals surface area contributed by atoms with Crippen LogP contribution in [0.1, 0.15) is 84.0 Å². The fourth-order valence-corrected chi connectivity index (χ4v) is 2.66. The van der Waals surface area contributed by atoms with Crippen molar-refractivity contribution in [2.24, 2.45) is 0 Å². The Bertz CT molecular complexity index is 295. The van der Waals surface area contributed by atoms with Gasteiger partial charge in [0.1, 0.15) is 0 Å². The fraction of sp³-hybridized carbons (Fsp3) is 0.889. The summed E-state index contributed by atoms with van der Waals surface area (Å²) >= 11 is 0. The minimum absolute atomic E-state index is 0. The zero-order valence-electron chi connectivity index (χ0n) is 15.7. The second-order valence-corrected chi connectivity index (χ2v) is 6.29. The molecule has 0 aromatic rings. The first-order valence-electron chi connectivity index (χ1n) is 9.20. The Balaban J connectivity index is 0. The van der Waals surface area contributed by atoms with Crippen LogP contribution < -0.4 is 56.5 Å². The molecule has 5 nitrogen and oxygen atoms in total. The van der Waals surface area contributed by atoms with Crippen LogP contribution in [-0.2, 0) is 9.59 Å². The number of carboxylic acids is 2. The van der Waals surface area contributed by atoms with Crippen molar-refractivity contribution < 1.29 is 71.2 Å². The first-order valence-corrected chi connectivity index (χ1v) is 9.20. The molecule has 0 spiro atoms. The molecule has 0 aliphatic carbocycles. The van der Waals surface area contributed by atoms with E-state index >= 15 is 0 Å². The SMILES string of the molecule is CCCCCCCCCCCCN(CCC(=O)[O-])CCC(=O)O.[K+]. The molecule has 0 saturated carbocycles.